The van der Waals surface area contributed by atoms with Crippen LogP contribution < -0.4 is 4.72 Å². The van der Waals surface area contributed by atoms with E-state index in [1.165, 1.54) is 5.56 Å². The van der Waals surface area contributed by atoms with Gasteiger partial charge in [0.05, 0.1) is 24.5 Å². The molecule has 29 heavy (non-hydrogen) atoms. The average molecular weight is 413 g/mol. The van der Waals surface area contributed by atoms with Gasteiger partial charge in [0.25, 0.3) is 0 Å². The molecule has 0 saturated heterocycles. The zero-order chi connectivity index (χ0) is 19.8. The van der Waals surface area contributed by atoms with Crippen LogP contribution in [-0.2, 0) is 28.7 Å². The van der Waals surface area contributed by atoms with Gasteiger partial charge in [-0.1, -0.05) is 35.5 Å². The predicted octanol–water partition coefficient (Wildman–Crippen LogP) is 3.29. The second-order valence-corrected chi connectivity index (χ2v) is 9.76. The smallest absolute Gasteiger partial charge is 0.219 e. The molecule has 2 aromatic heterocycles. The third kappa shape index (κ3) is 4.13. The maximum Gasteiger partial charge on any atom is 0.219 e. The van der Waals surface area contributed by atoms with Crippen LogP contribution in [0.4, 0.5) is 0 Å². The van der Waals surface area contributed by atoms with Gasteiger partial charge in [-0.15, -0.1) is 0 Å². The molecule has 1 atom stereocenters. The van der Waals surface area contributed by atoms with Crippen molar-refractivity contribution in [2.24, 2.45) is 0 Å². The van der Waals surface area contributed by atoms with Crippen molar-refractivity contribution in [3.05, 3.63) is 70.9 Å². The van der Waals surface area contributed by atoms with Gasteiger partial charge < -0.3 is 4.52 Å². The molecule has 5 rings (SSSR count). The Bertz CT molecular complexity index is 1100. The third-order valence-electron chi connectivity index (χ3n) is 5.66. The molecule has 152 valence electrons. The topological polar surface area (TPSA) is 90.0 Å². The lowest BCUT2D eigenvalue weighted by atomic mass is 9.94. The predicted molar refractivity (Wildman–Crippen MR) is 108 cm³/mol. The molecule has 1 saturated carbocycles. The lowest BCUT2D eigenvalue weighted by Gasteiger charge is -2.24. The molecule has 1 aromatic carbocycles. The van der Waals surface area contributed by atoms with Crippen LogP contribution in [0.25, 0.3) is 0 Å². The monoisotopic (exact) mass is 412 g/mol. The van der Waals surface area contributed by atoms with E-state index in [0.29, 0.717) is 18.2 Å². The Morgan fingerprint density at radius 2 is 2.00 bits per heavy atom. The molecule has 1 fully saturated rings. The van der Waals surface area contributed by atoms with Gasteiger partial charge in [-0.25, -0.2) is 13.1 Å². The van der Waals surface area contributed by atoms with Gasteiger partial charge >= 0.3 is 0 Å². The molecule has 1 N–H and O–H groups in total. The normalized spacial score (nSPS) is 19.2. The number of nitrogens with zero attached hydrogens (tertiary/aromatic N) is 3. The van der Waals surface area contributed by atoms with Crippen molar-refractivity contribution in [3.63, 3.8) is 0 Å². The van der Waals surface area contributed by atoms with E-state index >= 15 is 0 Å². The van der Waals surface area contributed by atoms with E-state index in [0.717, 1.165) is 49.1 Å². The highest BCUT2D eigenvalue weighted by Gasteiger charge is 2.30. The maximum absolute atomic E-state index is 12.7. The zero-order valence-corrected chi connectivity index (χ0v) is 16.9. The summed E-state index contributed by atoms with van der Waals surface area (Å²) in [7, 11) is -3.54. The van der Waals surface area contributed by atoms with Crippen molar-refractivity contribution in [2.45, 2.75) is 56.4 Å². The first kappa shape index (κ1) is 18.6. The molecule has 3 aromatic rings. The van der Waals surface area contributed by atoms with E-state index in [1.807, 2.05) is 29.1 Å². The van der Waals surface area contributed by atoms with E-state index in [-0.39, 0.29) is 11.8 Å². The number of nitrogens with one attached hydrogen (secondary N) is 1. The molecule has 0 spiro atoms. The summed E-state index contributed by atoms with van der Waals surface area (Å²) in [6, 6.07) is 11.7. The summed E-state index contributed by atoms with van der Waals surface area (Å²) in [6.07, 6.45) is 6.63. The van der Waals surface area contributed by atoms with E-state index < -0.39 is 10.0 Å². The van der Waals surface area contributed by atoms with Crippen LogP contribution in [0.2, 0.25) is 0 Å². The van der Waals surface area contributed by atoms with Crippen LogP contribution in [0, 0.1) is 0 Å². The Morgan fingerprint density at radius 1 is 1.17 bits per heavy atom. The number of fused-ring (bicyclic) bond motifs is 1. The van der Waals surface area contributed by atoms with Crippen LogP contribution in [0.15, 0.2) is 47.1 Å². The molecule has 7 nitrogen and oxygen atoms in total. The Morgan fingerprint density at radius 3 is 2.79 bits per heavy atom. The standard InChI is InChI=1S/C21H24N4O3S/c26-29(27,14-17-11-20(23-28-17)16-9-10-16)24-19-7-4-8-21-18(19)12-22-25(21)13-15-5-2-1-3-6-15/h1-3,5-6,11-12,16,19,24H,4,7-10,13-14H2. The van der Waals surface area contributed by atoms with Crippen molar-refractivity contribution in [1.82, 2.24) is 19.7 Å². The number of sulfonamides is 1. The largest absolute Gasteiger partial charge is 0.360 e. The first-order valence-electron chi connectivity index (χ1n) is 10.1. The Hall–Kier alpha value is -2.45. The van der Waals surface area contributed by atoms with Gasteiger partial charge in [-0.2, -0.15) is 5.10 Å². The van der Waals surface area contributed by atoms with Crippen molar-refractivity contribution >= 4 is 10.0 Å². The quantitative estimate of drug-likeness (QED) is 0.643. The number of hydrogen-bond acceptors (Lipinski definition) is 5. The summed E-state index contributed by atoms with van der Waals surface area (Å²) >= 11 is 0. The van der Waals surface area contributed by atoms with Crippen molar-refractivity contribution in [3.8, 4) is 0 Å². The second kappa shape index (κ2) is 7.42. The Balaban J connectivity index is 1.30. The molecule has 2 heterocycles. The average Bonchev–Trinajstić information content (AvgIpc) is 3.32. The van der Waals surface area contributed by atoms with Crippen LogP contribution in [-0.4, -0.2) is 23.4 Å². The highest BCUT2D eigenvalue weighted by molar-refractivity contribution is 7.88. The molecular formula is C21H24N4O3S. The first-order valence-corrected chi connectivity index (χ1v) is 11.8. The Kier molecular flexibility index (Phi) is 4.75. The van der Waals surface area contributed by atoms with E-state index in [2.05, 4.69) is 27.1 Å². The van der Waals surface area contributed by atoms with E-state index in [4.69, 9.17) is 4.52 Å². The summed E-state index contributed by atoms with van der Waals surface area (Å²) in [5, 5.41) is 8.55. The summed E-state index contributed by atoms with van der Waals surface area (Å²) in [4.78, 5) is 0. The highest BCUT2D eigenvalue weighted by atomic mass is 32.2. The minimum atomic E-state index is -3.54. The van der Waals surface area contributed by atoms with Crippen LogP contribution >= 0.6 is 0 Å². The first-order chi connectivity index (χ1) is 14.1. The van der Waals surface area contributed by atoms with Gasteiger partial charge in [0, 0.05) is 23.2 Å². The number of benzene rings is 1. The SMILES string of the molecule is O=S(=O)(Cc1cc(C2CC2)no1)NC1CCCc2c1cnn2Cc1ccccc1. The number of rotatable bonds is 7. The highest BCUT2D eigenvalue weighted by Crippen LogP contribution is 2.39. The van der Waals surface area contributed by atoms with Gasteiger partial charge in [0.1, 0.15) is 5.75 Å². The third-order valence-corrected chi connectivity index (χ3v) is 6.97. The molecule has 2 aliphatic carbocycles. The fourth-order valence-electron chi connectivity index (χ4n) is 4.05. The van der Waals surface area contributed by atoms with E-state index in [1.54, 1.807) is 6.07 Å². The zero-order valence-electron chi connectivity index (χ0n) is 16.1. The molecule has 1 unspecified atom stereocenters. The lowest BCUT2D eigenvalue weighted by molar-refractivity contribution is 0.385. The molecule has 0 bridgehead atoms. The van der Waals surface area contributed by atoms with Crippen LogP contribution in [0.3, 0.4) is 0 Å². The van der Waals surface area contributed by atoms with Crippen LogP contribution in [0.1, 0.15) is 65.9 Å². The molecule has 2 aliphatic rings. The maximum atomic E-state index is 12.7. The van der Waals surface area contributed by atoms with Gasteiger partial charge in [0.15, 0.2) is 5.76 Å². The van der Waals surface area contributed by atoms with Gasteiger partial charge in [-0.3, -0.25) is 4.68 Å². The number of hydrogen-bond donors (Lipinski definition) is 1. The molecule has 0 aliphatic heterocycles. The van der Waals surface area contributed by atoms with Gasteiger partial charge in [0.2, 0.25) is 10.0 Å². The summed E-state index contributed by atoms with van der Waals surface area (Å²) < 4.78 is 35.6. The fourth-order valence-corrected chi connectivity index (χ4v) is 5.32. The lowest BCUT2D eigenvalue weighted by Crippen LogP contribution is -2.32. The second-order valence-electron chi connectivity index (χ2n) is 8.00. The molecule has 0 amide bonds. The van der Waals surface area contributed by atoms with E-state index in [9.17, 15) is 8.42 Å². The summed E-state index contributed by atoms with van der Waals surface area (Å²) in [6.45, 7) is 0.692. The minimum Gasteiger partial charge on any atom is -0.360 e. The van der Waals surface area contributed by atoms with Crippen molar-refractivity contribution in [1.29, 1.82) is 0 Å². The van der Waals surface area contributed by atoms with Crippen LogP contribution in [0.5, 0.6) is 0 Å². The fraction of sp³-hybridized carbons (Fsp3) is 0.429. The van der Waals surface area contributed by atoms with Gasteiger partial charge in [-0.05, 0) is 37.7 Å². The number of aromatic nitrogens is 3. The molecule has 8 heteroatoms. The van der Waals surface area contributed by atoms with Crippen molar-refractivity contribution in [2.75, 3.05) is 0 Å². The minimum absolute atomic E-state index is 0.184. The van der Waals surface area contributed by atoms with Crippen molar-refractivity contribution < 1.29 is 12.9 Å². The molecule has 0 radical (unpaired) electrons. The Labute approximate surface area is 170 Å². The summed E-state index contributed by atoms with van der Waals surface area (Å²) in [5.41, 5.74) is 4.14. The summed E-state index contributed by atoms with van der Waals surface area (Å²) in [5.74, 6) is 0.659. The molecular weight excluding hydrogens is 388 g/mol.